The van der Waals surface area contributed by atoms with Crippen LogP contribution in [-0.4, -0.2) is 19.4 Å². The Bertz CT molecular complexity index is 270. The molecule has 0 heterocycles. The van der Waals surface area contributed by atoms with Crippen LogP contribution in [0.2, 0.25) is 0 Å². The summed E-state index contributed by atoms with van der Waals surface area (Å²) in [5.41, 5.74) is 0. The van der Waals surface area contributed by atoms with Crippen LogP contribution in [0.25, 0.3) is 0 Å². The van der Waals surface area contributed by atoms with Crippen molar-refractivity contribution in [1.29, 1.82) is 0 Å². The standard InChI is InChI=1S/C13H22O2P/c1-4-12-16(14-5-2,15-6-3)13-10-8-7-9-11-13/h7-11H,4-6,12H2,1-3H3/q+1. The average Bonchev–Trinajstić information content (AvgIpc) is 2.31. The van der Waals surface area contributed by atoms with Gasteiger partial charge in [0.1, 0.15) is 6.16 Å². The minimum atomic E-state index is -1.85. The highest BCUT2D eigenvalue weighted by Gasteiger charge is 2.43. The molecule has 0 aliphatic rings. The second kappa shape index (κ2) is 7.01. The van der Waals surface area contributed by atoms with Gasteiger partial charge in [-0.25, -0.2) is 9.05 Å². The Morgan fingerprint density at radius 2 is 1.50 bits per heavy atom. The zero-order valence-electron chi connectivity index (χ0n) is 10.5. The van der Waals surface area contributed by atoms with Crippen LogP contribution in [0.4, 0.5) is 0 Å². The molecule has 0 aliphatic heterocycles. The van der Waals surface area contributed by atoms with Crippen molar-refractivity contribution >= 4 is 13.0 Å². The SMILES string of the molecule is CCC[P+](OCC)(OCC)c1ccccc1. The van der Waals surface area contributed by atoms with Crippen LogP contribution in [0.1, 0.15) is 27.2 Å². The lowest BCUT2D eigenvalue weighted by atomic mass is 10.4. The number of benzene rings is 1. The maximum absolute atomic E-state index is 5.99. The molecule has 1 rings (SSSR count). The second-order valence-electron chi connectivity index (χ2n) is 3.57. The highest BCUT2D eigenvalue weighted by atomic mass is 31.2. The van der Waals surface area contributed by atoms with Gasteiger partial charge in [0.2, 0.25) is 0 Å². The predicted octanol–water partition coefficient (Wildman–Crippen LogP) is 3.64. The summed E-state index contributed by atoms with van der Waals surface area (Å²) >= 11 is 0. The van der Waals surface area contributed by atoms with Crippen molar-refractivity contribution in [2.45, 2.75) is 27.2 Å². The highest BCUT2D eigenvalue weighted by molar-refractivity contribution is 7.74. The first-order chi connectivity index (χ1) is 7.79. The predicted molar refractivity (Wildman–Crippen MR) is 71.4 cm³/mol. The van der Waals surface area contributed by atoms with E-state index in [4.69, 9.17) is 9.05 Å². The molecule has 0 spiro atoms. The van der Waals surface area contributed by atoms with Gasteiger partial charge >= 0.3 is 7.72 Å². The van der Waals surface area contributed by atoms with E-state index in [0.29, 0.717) is 13.2 Å². The van der Waals surface area contributed by atoms with Crippen LogP contribution in [-0.2, 0) is 9.05 Å². The molecule has 0 aromatic heterocycles. The first kappa shape index (κ1) is 13.6. The van der Waals surface area contributed by atoms with Crippen LogP contribution in [0.3, 0.4) is 0 Å². The van der Waals surface area contributed by atoms with Gasteiger partial charge in [0.15, 0.2) is 5.30 Å². The van der Waals surface area contributed by atoms with Gasteiger partial charge in [0.25, 0.3) is 0 Å². The summed E-state index contributed by atoms with van der Waals surface area (Å²) in [6.07, 6.45) is 2.08. The molecule has 16 heavy (non-hydrogen) atoms. The van der Waals surface area contributed by atoms with Gasteiger partial charge in [-0.3, -0.25) is 0 Å². The topological polar surface area (TPSA) is 18.5 Å². The van der Waals surface area contributed by atoms with Crippen LogP contribution in [0.5, 0.6) is 0 Å². The monoisotopic (exact) mass is 241 g/mol. The van der Waals surface area contributed by atoms with E-state index in [0.717, 1.165) is 12.6 Å². The molecule has 0 fully saturated rings. The molecule has 0 unspecified atom stereocenters. The summed E-state index contributed by atoms with van der Waals surface area (Å²) in [4.78, 5) is 0. The van der Waals surface area contributed by atoms with Crippen molar-refractivity contribution in [3.8, 4) is 0 Å². The minimum absolute atomic E-state index is 0.711. The van der Waals surface area contributed by atoms with E-state index in [1.165, 1.54) is 5.30 Å². The molecule has 2 nitrogen and oxygen atoms in total. The third-order valence-electron chi connectivity index (χ3n) is 2.34. The molecule has 3 heteroatoms. The van der Waals surface area contributed by atoms with Crippen molar-refractivity contribution in [2.24, 2.45) is 0 Å². The van der Waals surface area contributed by atoms with Crippen molar-refractivity contribution in [3.63, 3.8) is 0 Å². The highest BCUT2D eigenvalue weighted by Crippen LogP contribution is 2.60. The van der Waals surface area contributed by atoms with E-state index >= 15 is 0 Å². The summed E-state index contributed by atoms with van der Waals surface area (Å²) in [6.45, 7) is 7.67. The van der Waals surface area contributed by atoms with Crippen LogP contribution < -0.4 is 5.30 Å². The maximum atomic E-state index is 5.99. The molecule has 0 N–H and O–H groups in total. The smallest absolute Gasteiger partial charge is 0.201 e. The minimum Gasteiger partial charge on any atom is -0.201 e. The quantitative estimate of drug-likeness (QED) is 0.678. The molecule has 90 valence electrons. The largest absolute Gasteiger partial charge is 0.306 e. The van der Waals surface area contributed by atoms with E-state index in [9.17, 15) is 0 Å². The first-order valence-electron chi connectivity index (χ1n) is 6.01. The van der Waals surface area contributed by atoms with Crippen molar-refractivity contribution in [2.75, 3.05) is 19.4 Å². The zero-order chi connectivity index (χ0) is 11.9. The lowest BCUT2D eigenvalue weighted by Gasteiger charge is -2.22. The Morgan fingerprint density at radius 3 is 1.94 bits per heavy atom. The lowest BCUT2D eigenvalue weighted by Crippen LogP contribution is -2.19. The van der Waals surface area contributed by atoms with Gasteiger partial charge in [-0.15, -0.1) is 0 Å². The van der Waals surface area contributed by atoms with E-state index in [1.807, 2.05) is 19.9 Å². The van der Waals surface area contributed by atoms with E-state index in [2.05, 4.69) is 31.2 Å². The fraction of sp³-hybridized carbons (Fsp3) is 0.538. The Labute approximate surface area is 99.5 Å². The van der Waals surface area contributed by atoms with Crippen LogP contribution >= 0.6 is 7.72 Å². The summed E-state index contributed by atoms with van der Waals surface area (Å²) in [7, 11) is -1.85. The Kier molecular flexibility index (Phi) is 5.97. The van der Waals surface area contributed by atoms with Gasteiger partial charge < -0.3 is 0 Å². The average molecular weight is 241 g/mol. The number of hydrogen-bond donors (Lipinski definition) is 0. The van der Waals surface area contributed by atoms with Gasteiger partial charge in [-0.2, -0.15) is 0 Å². The van der Waals surface area contributed by atoms with E-state index in [-0.39, 0.29) is 0 Å². The summed E-state index contributed by atoms with van der Waals surface area (Å²) in [5.74, 6) is 0. The zero-order valence-corrected chi connectivity index (χ0v) is 11.4. The molecular formula is C13H22O2P+. The van der Waals surface area contributed by atoms with Gasteiger partial charge in [0, 0.05) is 0 Å². The van der Waals surface area contributed by atoms with E-state index < -0.39 is 7.72 Å². The van der Waals surface area contributed by atoms with Gasteiger partial charge in [-0.05, 0) is 32.4 Å². The molecule has 0 bridgehead atoms. The van der Waals surface area contributed by atoms with Gasteiger partial charge in [0.05, 0.1) is 13.2 Å². The van der Waals surface area contributed by atoms with Crippen molar-refractivity contribution in [3.05, 3.63) is 30.3 Å². The maximum Gasteiger partial charge on any atom is 0.306 e. The van der Waals surface area contributed by atoms with Crippen molar-refractivity contribution in [1.82, 2.24) is 0 Å². The summed E-state index contributed by atoms with van der Waals surface area (Å²) in [5, 5.41) is 1.22. The van der Waals surface area contributed by atoms with Gasteiger partial charge in [-0.1, -0.05) is 25.1 Å². The van der Waals surface area contributed by atoms with Crippen molar-refractivity contribution < 1.29 is 9.05 Å². The number of rotatable bonds is 7. The molecule has 0 saturated heterocycles. The fourth-order valence-corrected chi connectivity index (χ4v) is 4.75. The first-order valence-corrected chi connectivity index (χ1v) is 7.82. The van der Waals surface area contributed by atoms with E-state index in [1.54, 1.807) is 0 Å². The third kappa shape index (κ3) is 3.28. The number of hydrogen-bond acceptors (Lipinski definition) is 2. The Morgan fingerprint density at radius 1 is 0.938 bits per heavy atom. The Hall–Kier alpha value is -0.430. The third-order valence-corrected chi connectivity index (χ3v) is 5.81. The Balaban J connectivity index is 2.99. The normalized spacial score (nSPS) is 11.7. The fourth-order valence-electron chi connectivity index (χ4n) is 1.81. The summed E-state index contributed by atoms with van der Waals surface area (Å²) < 4.78 is 12.0. The molecule has 0 radical (unpaired) electrons. The van der Waals surface area contributed by atoms with Crippen LogP contribution in [0, 0.1) is 0 Å². The molecule has 0 atom stereocenters. The summed E-state index contributed by atoms with van der Waals surface area (Å²) in [6, 6.07) is 10.4. The molecule has 1 aromatic rings. The van der Waals surface area contributed by atoms with Crippen LogP contribution in [0.15, 0.2) is 30.3 Å². The molecule has 1 aromatic carbocycles. The molecular weight excluding hydrogens is 219 g/mol. The molecule has 0 aliphatic carbocycles. The lowest BCUT2D eigenvalue weighted by molar-refractivity contribution is 0.257. The molecule has 0 saturated carbocycles. The molecule has 0 amide bonds. The second-order valence-corrected chi connectivity index (χ2v) is 6.39.